The minimum Gasteiger partial charge on any atom is -0.0649 e. The summed E-state index contributed by atoms with van der Waals surface area (Å²) < 4.78 is 0. The lowest BCUT2D eigenvalue weighted by molar-refractivity contribution is 0.112. The van der Waals surface area contributed by atoms with E-state index in [-0.39, 0.29) is 0 Å². The normalized spacial score (nSPS) is 28.1. The van der Waals surface area contributed by atoms with Gasteiger partial charge in [0.05, 0.1) is 0 Å². The summed E-state index contributed by atoms with van der Waals surface area (Å²) in [7, 11) is 0. The highest BCUT2D eigenvalue weighted by atomic mass is 14.4. The van der Waals surface area contributed by atoms with Gasteiger partial charge in [-0.05, 0) is 41.9 Å². The highest BCUT2D eigenvalue weighted by Crippen LogP contribution is 2.44. The first-order valence-electron chi connectivity index (χ1n) is 7.24. The summed E-state index contributed by atoms with van der Waals surface area (Å²) >= 11 is 0. The molecule has 0 bridgehead atoms. The molecule has 1 aliphatic rings. The Labute approximate surface area is 103 Å². The van der Waals surface area contributed by atoms with E-state index in [1.807, 2.05) is 0 Å². The first kappa shape index (κ1) is 14.1. The molecule has 0 aromatic heterocycles. The second kappa shape index (κ2) is 5.10. The number of hydrogen-bond donors (Lipinski definition) is 0. The third-order valence-corrected chi connectivity index (χ3v) is 4.76. The summed E-state index contributed by atoms with van der Waals surface area (Å²) in [5.74, 6) is 1.98. The molecule has 0 saturated heterocycles. The summed E-state index contributed by atoms with van der Waals surface area (Å²) in [6.45, 7) is 14.4. The summed E-state index contributed by atoms with van der Waals surface area (Å²) in [4.78, 5) is 0. The summed E-state index contributed by atoms with van der Waals surface area (Å²) in [5, 5.41) is 0. The second-order valence-electron chi connectivity index (χ2n) is 7.82. The molecule has 0 radical (unpaired) electrons. The van der Waals surface area contributed by atoms with Crippen LogP contribution >= 0.6 is 0 Å². The Morgan fingerprint density at radius 2 is 1.38 bits per heavy atom. The number of hydrogen-bond acceptors (Lipinski definition) is 0. The zero-order valence-electron chi connectivity index (χ0n) is 12.4. The van der Waals surface area contributed by atoms with Crippen molar-refractivity contribution in [2.45, 2.75) is 80.1 Å². The van der Waals surface area contributed by atoms with Crippen molar-refractivity contribution in [1.29, 1.82) is 0 Å². The third-order valence-electron chi connectivity index (χ3n) is 4.76. The van der Waals surface area contributed by atoms with Crippen LogP contribution in [0.4, 0.5) is 0 Å². The summed E-state index contributed by atoms with van der Waals surface area (Å²) in [6.07, 6.45) is 8.66. The molecule has 0 nitrogen and oxygen atoms in total. The Morgan fingerprint density at radius 3 is 1.75 bits per heavy atom. The van der Waals surface area contributed by atoms with E-state index < -0.39 is 0 Å². The molecule has 16 heavy (non-hydrogen) atoms. The lowest BCUT2D eigenvalue weighted by atomic mass is 9.66. The van der Waals surface area contributed by atoms with Crippen LogP contribution in [0.25, 0.3) is 0 Å². The predicted octanol–water partition coefficient (Wildman–Crippen LogP) is 5.67. The fourth-order valence-electron chi connectivity index (χ4n) is 3.30. The Bertz CT molecular complexity index is 199. The molecular formula is C16H32. The van der Waals surface area contributed by atoms with Crippen LogP contribution in [0, 0.1) is 22.7 Å². The molecule has 0 aliphatic heterocycles. The van der Waals surface area contributed by atoms with Gasteiger partial charge in [-0.2, -0.15) is 0 Å². The van der Waals surface area contributed by atoms with Gasteiger partial charge in [-0.15, -0.1) is 0 Å². The van der Waals surface area contributed by atoms with Crippen molar-refractivity contribution in [2.24, 2.45) is 22.7 Å². The highest BCUT2D eigenvalue weighted by Gasteiger charge is 2.32. The zero-order valence-corrected chi connectivity index (χ0v) is 12.4. The topological polar surface area (TPSA) is 0 Å². The van der Waals surface area contributed by atoms with Crippen LogP contribution in [-0.4, -0.2) is 0 Å². The van der Waals surface area contributed by atoms with Gasteiger partial charge < -0.3 is 0 Å². The van der Waals surface area contributed by atoms with Crippen LogP contribution < -0.4 is 0 Å². The molecule has 0 aromatic rings. The molecule has 0 amide bonds. The molecule has 1 aliphatic carbocycles. The van der Waals surface area contributed by atoms with Crippen molar-refractivity contribution in [3.05, 3.63) is 0 Å². The predicted molar refractivity (Wildman–Crippen MR) is 73.6 cm³/mol. The van der Waals surface area contributed by atoms with Crippen LogP contribution in [0.2, 0.25) is 0 Å². The van der Waals surface area contributed by atoms with Crippen LogP contribution in [-0.2, 0) is 0 Å². The fourth-order valence-corrected chi connectivity index (χ4v) is 3.30. The van der Waals surface area contributed by atoms with E-state index in [0.717, 1.165) is 11.8 Å². The SMILES string of the molecule is CCC(C)(C)C1CCC(CC(C)(C)C)CC1. The maximum absolute atomic E-state index is 2.46. The molecule has 0 N–H and O–H groups in total. The van der Waals surface area contributed by atoms with Gasteiger partial charge >= 0.3 is 0 Å². The van der Waals surface area contributed by atoms with Gasteiger partial charge in [0.2, 0.25) is 0 Å². The molecule has 0 unspecified atom stereocenters. The first-order valence-corrected chi connectivity index (χ1v) is 7.24. The molecule has 0 heterocycles. The molecule has 1 fully saturated rings. The van der Waals surface area contributed by atoms with Crippen LogP contribution in [0.1, 0.15) is 80.1 Å². The smallest absolute Gasteiger partial charge is 0.0329 e. The van der Waals surface area contributed by atoms with Crippen LogP contribution in [0.15, 0.2) is 0 Å². The molecular weight excluding hydrogens is 192 g/mol. The van der Waals surface area contributed by atoms with Crippen LogP contribution in [0.3, 0.4) is 0 Å². The van der Waals surface area contributed by atoms with E-state index in [2.05, 4.69) is 41.5 Å². The maximum Gasteiger partial charge on any atom is -0.0329 e. The van der Waals surface area contributed by atoms with Gasteiger partial charge in [-0.3, -0.25) is 0 Å². The minimum atomic E-state index is 0.526. The molecule has 0 aromatic carbocycles. The van der Waals surface area contributed by atoms with Crippen molar-refractivity contribution < 1.29 is 0 Å². The number of rotatable bonds is 3. The van der Waals surface area contributed by atoms with Gasteiger partial charge in [0, 0.05) is 0 Å². The lowest BCUT2D eigenvalue weighted by Gasteiger charge is -2.40. The monoisotopic (exact) mass is 224 g/mol. The second-order valence-corrected chi connectivity index (χ2v) is 7.82. The van der Waals surface area contributed by atoms with Gasteiger partial charge in [0.15, 0.2) is 0 Å². The van der Waals surface area contributed by atoms with Gasteiger partial charge in [0.25, 0.3) is 0 Å². The first-order chi connectivity index (χ1) is 7.24. The Kier molecular flexibility index (Phi) is 4.49. The molecule has 0 heteroatoms. The van der Waals surface area contributed by atoms with Gasteiger partial charge in [0.1, 0.15) is 0 Å². The van der Waals surface area contributed by atoms with Gasteiger partial charge in [-0.1, -0.05) is 60.8 Å². The third kappa shape index (κ3) is 4.11. The van der Waals surface area contributed by atoms with Crippen molar-refractivity contribution in [3.63, 3.8) is 0 Å². The van der Waals surface area contributed by atoms with Gasteiger partial charge in [-0.25, -0.2) is 0 Å². The Morgan fingerprint density at radius 1 is 0.875 bits per heavy atom. The van der Waals surface area contributed by atoms with Crippen LogP contribution in [0.5, 0.6) is 0 Å². The van der Waals surface area contributed by atoms with Crippen molar-refractivity contribution in [2.75, 3.05) is 0 Å². The Balaban J connectivity index is 2.40. The highest BCUT2D eigenvalue weighted by molar-refractivity contribution is 4.83. The van der Waals surface area contributed by atoms with E-state index in [4.69, 9.17) is 0 Å². The van der Waals surface area contributed by atoms with E-state index in [1.54, 1.807) is 0 Å². The quantitative estimate of drug-likeness (QED) is 0.580. The average Bonchev–Trinajstić information content (AvgIpc) is 2.16. The van der Waals surface area contributed by atoms with E-state index in [1.165, 1.54) is 38.5 Å². The molecule has 1 rings (SSSR count). The largest absolute Gasteiger partial charge is 0.0649 e. The molecule has 1 saturated carbocycles. The van der Waals surface area contributed by atoms with Crippen molar-refractivity contribution in [3.8, 4) is 0 Å². The maximum atomic E-state index is 2.46. The minimum absolute atomic E-state index is 0.526. The standard InChI is InChI=1S/C16H32/c1-7-16(5,6)14-10-8-13(9-11-14)12-15(2,3)4/h13-14H,7-12H2,1-6H3. The Hall–Kier alpha value is 0. The summed E-state index contributed by atoms with van der Waals surface area (Å²) in [6, 6.07) is 0. The average molecular weight is 224 g/mol. The fraction of sp³-hybridized carbons (Fsp3) is 1.00. The van der Waals surface area contributed by atoms with Crippen molar-refractivity contribution >= 4 is 0 Å². The lowest BCUT2D eigenvalue weighted by Crippen LogP contribution is -2.29. The van der Waals surface area contributed by atoms with E-state index >= 15 is 0 Å². The van der Waals surface area contributed by atoms with E-state index in [0.29, 0.717) is 10.8 Å². The zero-order chi connectivity index (χ0) is 12.4. The summed E-state index contributed by atoms with van der Waals surface area (Å²) in [5.41, 5.74) is 1.10. The molecule has 0 atom stereocenters. The molecule has 0 spiro atoms. The van der Waals surface area contributed by atoms with E-state index in [9.17, 15) is 0 Å². The van der Waals surface area contributed by atoms with Crippen molar-refractivity contribution in [1.82, 2.24) is 0 Å². The molecule has 96 valence electrons.